The van der Waals surface area contributed by atoms with Crippen LogP contribution in [0.2, 0.25) is 0 Å². The average molecular weight is 320 g/mol. The molecule has 0 aliphatic rings. The summed E-state index contributed by atoms with van der Waals surface area (Å²) >= 11 is 0. The molecule has 0 aromatic rings. The Balaban J connectivity index is 3.93. The van der Waals surface area contributed by atoms with Crippen LogP contribution >= 0.6 is 0 Å². The summed E-state index contributed by atoms with van der Waals surface area (Å²) < 4.78 is 0. The summed E-state index contributed by atoms with van der Waals surface area (Å²) in [5.41, 5.74) is 0. The van der Waals surface area contributed by atoms with Crippen LogP contribution in [0.15, 0.2) is 60.8 Å². The van der Waals surface area contributed by atoms with Gasteiger partial charge in [0.15, 0.2) is 0 Å². The molecule has 0 saturated carbocycles. The number of aliphatic hydroxyl groups excluding tert-OH is 3. The fraction of sp³-hybridized carbons (Fsp3) is 0.500. The highest BCUT2D eigenvalue weighted by atomic mass is 16.3. The smallest absolute Gasteiger partial charge is 0.0758 e. The molecule has 3 nitrogen and oxygen atoms in total. The van der Waals surface area contributed by atoms with E-state index in [4.69, 9.17) is 0 Å². The van der Waals surface area contributed by atoms with Gasteiger partial charge in [0.1, 0.15) is 0 Å². The molecule has 0 aliphatic carbocycles. The Kier molecular flexibility index (Phi) is 14.5. The molecule has 0 saturated heterocycles. The standard InChI is InChI=1S/C20H32O3/c1-3-5-13-19(22)15-9-6-7-10-16-20(23)17-12-8-11-14-18(21)4-2/h6-12,14-16,18-23H,3-5,13,17H2,1-2H3. The Morgan fingerprint density at radius 1 is 0.696 bits per heavy atom. The van der Waals surface area contributed by atoms with Crippen molar-refractivity contribution in [3.63, 3.8) is 0 Å². The zero-order valence-corrected chi connectivity index (χ0v) is 14.4. The van der Waals surface area contributed by atoms with Crippen LogP contribution in [-0.2, 0) is 0 Å². The van der Waals surface area contributed by atoms with Gasteiger partial charge in [-0.15, -0.1) is 0 Å². The molecule has 0 fully saturated rings. The summed E-state index contributed by atoms with van der Waals surface area (Å²) in [6, 6.07) is 0. The van der Waals surface area contributed by atoms with Crippen LogP contribution in [0.25, 0.3) is 0 Å². The van der Waals surface area contributed by atoms with E-state index in [1.807, 2.05) is 37.3 Å². The first-order valence-electron chi connectivity index (χ1n) is 8.49. The summed E-state index contributed by atoms with van der Waals surface area (Å²) in [7, 11) is 0. The molecule has 3 N–H and O–H groups in total. The summed E-state index contributed by atoms with van der Waals surface area (Å²) in [4.78, 5) is 0. The number of hydrogen-bond donors (Lipinski definition) is 3. The molecule has 0 heterocycles. The zero-order valence-electron chi connectivity index (χ0n) is 14.4. The van der Waals surface area contributed by atoms with E-state index < -0.39 is 12.2 Å². The van der Waals surface area contributed by atoms with Gasteiger partial charge in [0.05, 0.1) is 18.3 Å². The van der Waals surface area contributed by atoms with E-state index in [1.165, 1.54) is 0 Å². The molecule has 0 aromatic heterocycles. The van der Waals surface area contributed by atoms with Crippen molar-refractivity contribution in [1.82, 2.24) is 0 Å². The summed E-state index contributed by atoms with van der Waals surface area (Å²) in [6.07, 6.45) is 20.8. The first-order valence-corrected chi connectivity index (χ1v) is 8.49. The average Bonchev–Trinajstić information content (AvgIpc) is 2.55. The maximum atomic E-state index is 9.74. The van der Waals surface area contributed by atoms with E-state index in [9.17, 15) is 15.3 Å². The first-order chi connectivity index (χ1) is 11.1. The van der Waals surface area contributed by atoms with E-state index in [-0.39, 0.29) is 6.10 Å². The lowest BCUT2D eigenvalue weighted by molar-refractivity contribution is 0.209. The normalized spacial score (nSPS) is 17.3. The first kappa shape index (κ1) is 21.6. The van der Waals surface area contributed by atoms with Gasteiger partial charge in [-0.2, -0.15) is 0 Å². The van der Waals surface area contributed by atoms with E-state index in [0.717, 1.165) is 19.3 Å². The Bertz CT molecular complexity index is 405. The molecule has 0 radical (unpaired) electrons. The molecule has 130 valence electrons. The van der Waals surface area contributed by atoms with Crippen molar-refractivity contribution >= 4 is 0 Å². The Labute approximate surface area is 141 Å². The maximum Gasteiger partial charge on any atom is 0.0758 e. The van der Waals surface area contributed by atoms with Crippen molar-refractivity contribution in [2.75, 3.05) is 0 Å². The van der Waals surface area contributed by atoms with Gasteiger partial charge < -0.3 is 15.3 Å². The van der Waals surface area contributed by atoms with Gasteiger partial charge in [-0.1, -0.05) is 87.4 Å². The molecule has 3 atom stereocenters. The van der Waals surface area contributed by atoms with E-state index >= 15 is 0 Å². The van der Waals surface area contributed by atoms with Gasteiger partial charge >= 0.3 is 0 Å². The number of allylic oxidation sites excluding steroid dienone is 6. The third-order valence-electron chi connectivity index (χ3n) is 3.23. The summed E-state index contributed by atoms with van der Waals surface area (Å²) in [5.74, 6) is 0. The molecule has 0 aromatic carbocycles. The highest BCUT2D eigenvalue weighted by molar-refractivity contribution is 5.13. The van der Waals surface area contributed by atoms with Gasteiger partial charge in [0.25, 0.3) is 0 Å². The van der Waals surface area contributed by atoms with Crippen LogP contribution in [0.3, 0.4) is 0 Å². The lowest BCUT2D eigenvalue weighted by atomic mass is 10.1. The third-order valence-corrected chi connectivity index (χ3v) is 3.23. The van der Waals surface area contributed by atoms with Gasteiger partial charge in [0.2, 0.25) is 0 Å². The molecule has 0 amide bonds. The lowest BCUT2D eigenvalue weighted by Gasteiger charge is -2.01. The van der Waals surface area contributed by atoms with Crippen LogP contribution in [-0.4, -0.2) is 33.6 Å². The Hall–Kier alpha value is -1.42. The maximum absolute atomic E-state index is 9.74. The fourth-order valence-corrected chi connectivity index (χ4v) is 1.73. The van der Waals surface area contributed by atoms with Crippen LogP contribution in [0.4, 0.5) is 0 Å². The highest BCUT2D eigenvalue weighted by Gasteiger charge is 1.95. The van der Waals surface area contributed by atoms with Gasteiger partial charge in [-0.3, -0.25) is 0 Å². The molecule has 0 bridgehead atoms. The monoisotopic (exact) mass is 320 g/mol. The minimum atomic E-state index is -0.528. The number of hydrogen-bond acceptors (Lipinski definition) is 3. The van der Waals surface area contributed by atoms with Crippen molar-refractivity contribution < 1.29 is 15.3 Å². The quantitative estimate of drug-likeness (QED) is 0.479. The molecular formula is C20H32O3. The van der Waals surface area contributed by atoms with Gasteiger partial charge in [0, 0.05) is 0 Å². The Morgan fingerprint density at radius 3 is 1.87 bits per heavy atom. The summed E-state index contributed by atoms with van der Waals surface area (Å²) in [5, 5.41) is 28.7. The molecule has 0 aliphatic heterocycles. The summed E-state index contributed by atoms with van der Waals surface area (Å²) in [6.45, 7) is 4.02. The van der Waals surface area contributed by atoms with Crippen LogP contribution in [0.5, 0.6) is 0 Å². The fourth-order valence-electron chi connectivity index (χ4n) is 1.73. The molecular weight excluding hydrogens is 288 g/mol. The second kappa shape index (κ2) is 15.5. The number of rotatable bonds is 12. The van der Waals surface area contributed by atoms with Crippen LogP contribution in [0.1, 0.15) is 46.0 Å². The SMILES string of the molecule is CCCCC(O)C=CC=CC=CC(O)CC=CC=CC(O)CC. The largest absolute Gasteiger partial charge is 0.389 e. The van der Waals surface area contributed by atoms with Gasteiger partial charge in [-0.05, 0) is 19.3 Å². The van der Waals surface area contributed by atoms with E-state index in [1.54, 1.807) is 30.4 Å². The minimum Gasteiger partial charge on any atom is -0.389 e. The molecule has 0 rings (SSSR count). The van der Waals surface area contributed by atoms with E-state index in [0.29, 0.717) is 12.8 Å². The third kappa shape index (κ3) is 15.3. The van der Waals surface area contributed by atoms with Crippen molar-refractivity contribution in [1.29, 1.82) is 0 Å². The predicted octanol–water partition coefficient (Wildman–Crippen LogP) is 3.84. The second-order valence-electron chi connectivity index (χ2n) is 5.46. The predicted molar refractivity (Wildman–Crippen MR) is 98.2 cm³/mol. The topological polar surface area (TPSA) is 60.7 Å². The highest BCUT2D eigenvalue weighted by Crippen LogP contribution is 2.01. The van der Waals surface area contributed by atoms with Crippen molar-refractivity contribution in [3.8, 4) is 0 Å². The van der Waals surface area contributed by atoms with Crippen molar-refractivity contribution in [2.45, 2.75) is 64.3 Å². The minimum absolute atomic E-state index is 0.376. The molecule has 0 spiro atoms. The second-order valence-corrected chi connectivity index (χ2v) is 5.46. The number of unbranched alkanes of at least 4 members (excludes halogenated alkanes) is 1. The molecule has 3 unspecified atom stereocenters. The Morgan fingerprint density at radius 2 is 1.26 bits per heavy atom. The van der Waals surface area contributed by atoms with E-state index in [2.05, 4.69) is 6.92 Å². The van der Waals surface area contributed by atoms with Gasteiger partial charge in [-0.25, -0.2) is 0 Å². The van der Waals surface area contributed by atoms with Crippen LogP contribution in [0, 0.1) is 0 Å². The number of aliphatic hydroxyl groups is 3. The van der Waals surface area contributed by atoms with Crippen molar-refractivity contribution in [2.24, 2.45) is 0 Å². The van der Waals surface area contributed by atoms with Crippen molar-refractivity contribution in [3.05, 3.63) is 60.8 Å². The lowest BCUT2D eigenvalue weighted by Crippen LogP contribution is -2.00. The molecule has 23 heavy (non-hydrogen) atoms. The zero-order chi connectivity index (χ0) is 17.3. The van der Waals surface area contributed by atoms with Crippen LogP contribution < -0.4 is 0 Å². The molecule has 3 heteroatoms.